The molecule has 1 aromatic heterocycles. The van der Waals surface area contributed by atoms with E-state index in [4.69, 9.17) is 26.2 Å². The van der Waals surface area contributed by atoms with Gasteiger partial charge in [0.2, 0.25) is 11.9 Å². The van der Waals surface area contributed by atoms with Crippen LogP contribution < -0.4 is 26.0 Å². The highest BCUT2D eigenvalue weighted by Crippen LogP contribution is 2.48. The van der Waals surface area contributed by atoms with Crippen LogP contribution in [-0.2, 0) is 24.7 Å². The van der Waals surface area contributed by atoms with Crippen molar-refractivity contribution >= 4 is 52.7 Å². The molecule has 17 heteroatoms. The number of amides is 1. The van der Waals surface area contributed by atoms with Crippen LogP contribution in [0.4, 0.5) is 36.4 Å². The van der Waals surface area contributed by atoms with Crippen LogP contribution in [0, 0.1) is 0 Å². The Morgan fingerprint density at radius 2 is 1.64 bits per heavy atom. The fourth-order valence-corrected chi connectivity index (χ4v) is 4.18. The summed E-state index contributed by atoms with van der Waals surface area (Å²) in [6.07, 6.45) is -3.12. The molecule has 1 aliphatic rings. The van der Waals surface area contributed by atoms with Crippen molar-refractivity contribution in [2.24, 2.45) is 0 Å². The molecule has 1 heterocycles. The van der Waals surface area contributed by atoms with Crippen molar-refractivity contribution in [1.29, 1.82) is 0 Å². The normalized spacial score (nSPS) is 14.1. The highest BCUT2D eigenvalue weighted by Gasteiger charge is 2.45. The van der Waals surface area contributed by atoms with Crippen molar-refractivity contribution in [3.8, 4) is 6.01 Å². The number of carbonyl (C=O) groups is 3. The summed E-state index contributed by atoms with van der Waals surface area (Å²) in [6, 6.07) is 12.1. The van der Waals surface area contributed by atoms with Gasteiger partial charge in [0, 0.05) is 22.9 Å². The number of aromatic nitrogens is 3. The molecule has 1 atom stereocenters. The second-order valence-electron chi connectivity index (χ2n) is 9.66. The van der Waals surface area contributed by atoms with Gasteiger partial charge in [-0.1, -0.05) is 23.7 Å². The number of nitrogens with one attached hydrogen (secondary N) is 4. The van der Waals surface area contributed by atoms with Gasteiger partial charge in [-0.15, -0.1) is 0 Å². The summed E-state index contributed by atoms with van der Waals surface area (Å²) in [4.78, 5) is 46.4. The zero-order valence-electron chi connectivity index (χ0n) is 23.1. The molecule has 2 aromatic carbocycles. The van der Waals surface area contributed by atoms with Gasteiger partial charge in [0.1, 0.15) is 6.04 Å². The Bertz CT molecular complexity index is 1490. The van der Waals surface area contributed by atoms with E-state index >= 15 is 0 Å². The number of methoxy groups -OCH3 is 1. The first-order chi connectivity index (χ1) is 20.9. The second kappa shape index (κ2) is 13.6. The number of halogens is 4. The number of hydrogen-bond acceptors (Lipinski definition) is 11. The topological polar surface area (TPSA) is 177 Å². The molecule has 0 bridgehead atoms. The Morgan fingerprint density at radius 3 is 2.23 bits per heavy atom. The molecule has 5 N–H and O–H groups in total. The molecule has 0 unspecified atom stereocenters. The van der Waals surface area contributed by atoms with Crippen molar-refractivity contribution in [3.05, 3.63) is 59.1 Å². The minimum Gasteiger partial charge on any atom is -0.474 e. The summed E-state index contributed by atoms with van der Waals surface area (Å²) in [7, 11) is 1.19. The fourth-order valence-electron chi connectivity index (χ4n) is 4.05. The Morgan fingerprint density at radius 1 is 1.00 bits per heavy atom. The van der Waals surface area contributed by atoms with Gasteiger partial charge in [-0.05, 0) is 61.2 Å². The minimum atomic E-state index is -4.61. The third-order valence-corrected chi connectivity index (χ3v) is 6.61. The monoisotopic (exact) mass is 637 g/mol. The molecule has 0 saturated heterocycles. The predicted molar refractivity (Wildman–Crippen MR) is 152 cm³/mol. The van der Waals surface area contributed by atoms with Crippen LogP contribution in [0.1, 0.15) is 24.8 Å². The quantitative estimate of drug-likeness (QED) is 0.135. The molecular formula is C27H27ClF3N7O6. The van der Waals surface area contributed by atoms with Crippen molar-refractivity contribution in [1.82, 2.24) is 20.3 Å². The SMILES string of the molecule is COC(=O)[C@H](CCNC(=O)C(=O)O)Nc1ccc(Nc2nc(NC3(c4ccc(Cl)cc4)CC3)nc(OCC(F)(F)F)n2)cc1. The molecule has 44 heavy (non-hydrogen) atoms. The molecule has 1 saturated carbocycles. The number of ether oxygens (including phenoxy) is 2. The van der Waals surface area contributed by atoms with Crippen molar-refractivity contribution in [3.63, 3.8) is 0 Å². The molecule has 0 spiro atoms. The third kappa shape index (κ3) is 9.07. The number of carboxylic acids is 1. The van der Waals surface area contributed by atoms with Gasteiger partial charge in [-0.2, -0.15) is 28.1 Å². The maximum absolute atomic E-state index is 12.8. The standard InChI is InChI=1S/C27H27ClF3N7O6/c1-43-22(42)19(10-13-32-20(39)21(40)41)33-17-6-8-18(9-7-17)34-23-35-24(37-25(36-23)44-14-27(29,30)31)38-26(11-12-26)15-2-4-16(28)5-3-15/h2-9,19,33H,10-14H2,1H3,(H,32,39)(H,40,41)(H2,34,35,36,37,38)/t19-/m0/s1. The van der Waals surface area contributed by atoms with Gasteiger partial charge in [0.15, 0.2) is 6.61 Å². The number of alkyl halides is 3. The Balaban J connectivity index is 1.48. The highest BCUT2D eigenvalue weighted by atomic mass is 35.5. The van der Waals surface area contributed by atoms with Crippen molar-refractivity contribution < 1.29 is 42.1 Å². The average Bonchev–Trinajstić information content (AvgIpc) is 3.76. The average molecular weight is 638 g/mol. The second-order valence-corrected chi connectivity index (χ2v) is 10.1. The molecule has 234 valence electrons. The van der Waals surface area contributed by atoms with Gasteiger partial charge in [-0.25, -0.2) is 9.59 Å². The lowest BCUT2D eigenvalue weighted by atomic mass is 10.1. The molecule has 3 aromatic rings. The Hall–Kier alpha value is -4.86. The number of rotatable bonds is 13. The number of hydrogen-bond donors (Lipinski definition) is 5. The first kappa shape index (κ1) is 32.1. The van der Waals surface area contributed by atoms with Gasteiger partial charge in [-0.3, -0.25) is 4.79 Å². The molecule has 0 radical (unpaired) electrons. The number of benzene rings is 2. The van der Waals surface area contributed by atoms with Crippen LogP contribution in [-0.4, -0.2) is 70.4 Å². The van der Waals surface area contributed by atoms with E-state index in [-0.39, 0.29) is 24.9 Å². The van der Waals surface area contributed by atoms with Gasteiger partial charge in [0.05, 0.1) is 12.6 Å². The molecule has 0 aliphatic heterocycles. The van der Waals surface area contributed by atoms with Crippen LogP contribution in [0.2, 0.25) is 5.02 Å². The summed E-state index contributed by atoms with van der Waals surface area (Å²) in [6.45, 7) is -1.70. The number of nitrogens with zero attached hydrogens (tertiary/aromatic N) is 3. The van der Waals surface area contributed by atoms with Crippen LogP contribution in [0.5, 0.6) is 6.01 Å². The van der Waals surface area contributed by atoms with Crippen LogP contribution >= 0.6 is 11.6 Å². The maximum atomic E-state index is 12.8. The van der Waals surface area contributed by atoms with Crippen LogP contribution in [0.3, 0.4) is 0 Å². The van der Waals surface area contributed by atoms with E-state index < -0.39 is 48.2 Å². The Kier molecular flexibility index (Phi) is 9.93. The van der Waals surface area contributed by atoms with E-state index in [0.717, 1.165) is 18.4 Å². The van der Waals surface area contributed by atoms with Gasteiger partial charge >= 0.3 is 30.0 Å². The third-order valence-electron chi connectivity index (χ3n) is 6.36. The first-order valence-corrected chi connectivity index (χ1v) is 13.5. The molecule has 13 nitrogen and oxygen atoms in total. The largest absolute Gasteiger partial charge is 0.474 e. The summed E-state index contributed by atoms with van der Waals surface area (Å²) in [5.74, 6) is -3.58. The zero-order valence-corrected chi connectivity index (χ0v) is 23.8. The van der Waals surface area contributed by atoms with E-state index in [9.17, 15) is 27.6 Å². The molecule has 1 fully saturated rings. The van der Waals surface area contributed by atoms with Crippen molar-refractivity contribution in [2.45, 2.75) is 37.0 Å². The smallest absolute Gasteiger partial charge is 0.422 e. The maximum Gasteiger partial charge on any atom is 0.422 e. The van der Waals surface area contributed by atoms with E-state index in [1.807, 2.05) is 12.1 Å². The predicted octanol–water partition coefficient (Wildman–Crippen LogP) is 3.86. The van der Waals surface area contributed by atoms with E-state index in [1.54, 1.807) is 36.4 Å². The van der Waals surface area contributed by atoms with E-state index in [1.165, 1.54) is 7.11 Å². The van der Waals surface area contributed by atoms with Gasteiger partial charge < -0.3 is 35.8 Å². The lowest BCUT2D eigenvalue weighted by molar-refractivity contribution is -0.154. The summed E-state index contributed by atoms with van der Waals surface area (Å²) < 4.78 is 48.1. The number of carbonyl (C=O) groups excluding carboxylic acids is 2. The van der Waals surface area contributed by atoms with E-state index in [2.05, 4.69) is 36.2 Å². The Labute approximate surface area is 253 Å². The van der Waals surface area contributed by atoms with E-state index in [0.29, 0.717) is 16.4 Å². The number of carboxylic acid groups (broad SMARTS) is 1. The van der Waals surface area contributed by atoms with Crippen LogP contribution in [0.25, 0.3) is 0 Å². The molecule has 1 aliphatic carbocycles. The van der Waals surface area contributed by atoms with Crippen LogP contribution in [0.15, 0.2) is 48.5 Å². The molecule has 1 amide bonds. The molecular weight excluding hydrogens is 611 g/mol. The minimum absolute atomic E-state index is 0.00122. The number of esters is 1. The summed E-state index contributed by atoms with van der Waals surface area (Å²) >= 11 is 6.00. The summed E-state index contributed by atoms with van der Waals surface area (Å²) in [5.41, 5.74) is 1.30. The lowest BCUT2D eigenvalue weighted by Crippen LogP contribution is -2.37. The molecule has 4 rings (SSSR count). The van der Waals surface area contributed by atoms with Gasteiger partial charge in [0.25, 0.3) is 0 Å². The highest BCUT2D eigenvalue weighted by molar-refractivity contribution is 6.31. The first-order valence-electron chi connectivity index (χ1n) is 13.1. The lowest BCUT2D eigenvalue weighted by Gasteiger charge is -2.19. The zero-order chi connectivity index (χ0) is 31.9. The van der Waals surface area contributed by atoms with Crippen molar-refractivity contribution in [2.75, 3.05) is 36.2 Å². The number of anilines is 4. The summed E-state index contributed by atoms with van der Waals surface area (Å²) in [5, 5.41) is 20.4. The fraction of sp³-hybridized carbons (Fsp3) is 0.333. The number of aliphatic carboxylic acids is 1.